The van der Waals surface area contributed by atoms with Crippen molar-refractivity contribution in [2.45, 2.75) is 20.3 Å². The Balaban J connectivity index is 4.69. The number of hydrogen-bond donors (Lipinski definition) is 0. The van der Waals surface area contributed by atoms with Crippen molar-refractivity contribution in [1.29, 1.82) is 0 Å². The van der Waals surface area contributed by atoms with Gasteiger partial charge in [0.15, 0.2) is 0 Å². The molecule has 0 N–H and O–H groups in total. The van der Waals surface area contributed by atoms with Crippen molar-refractivity contribution < 1.29 is 9.53 Å². The highest BCUT2D eigenvalue weighted by atomic mass is 16.5. The van der Waals surface area contributed by atoms with Crippen molar-refractivity contribution in [1.82, 2.24) is 5.01 Å². The number of hydrogen-bond acceptors (Lipinski definition) is 4. The predicted octanol–water partition coefficient (Wildman–Crippen LogP) is 1.95. The molecule has 0 aromatic rings. The quantitative estimate of drug-likeness (QED) is 0.229. The fraction of sp³-hybridized carbons (Fsp3) is 0.455. The van der Waals surface area contributed by atoms with Crippen LogP contribution >= 0.6 is 0 Å². The molecule has 0 atom stereocenters. The van der Waals surface area contributed by atoms with Crippen molar-refractivity contribution in [3.05, 3.63) is 23.9 Å². The minimum atomic E-state index is -0.326. The number of hydrazone groups is 1. The lowest BCUT2D eigenvalue weighted by Gasteiger charge is -2.13. The first kappa shape index (κ1) is 13.4. The maximum absolute atomic E-state index is 11.3. The highest BCUT2D eigenvalue weighted by Crippen LogP contribution is 2.09. The zero-order valence-corrected chi connectivity index (χ0v) is 9.78. The van der Waals surface area contributed by atoms with Crippen LogP contribution in [-0.4, -0.2) is 31.4 Å². The van der Waals surface area contributed by atoms with Gasteiger partial charge >= 0.3 is 5.97 Å². The van der Waals surface area contributed by atoms with E-state index in [0.717, 1.165) is 0 Å². The molecule has 0 unspecified atom stereocenters. The molecule has 0 aliphatic carbocycles. The molecule has 4 heteroatoms. The van der Waals surface area contributed by atoms with Crippen LogP contribution in [0.2, 0.25) is 0 Å². The lowest BCUT2D eigenvalue weighted by atomic mass is 10.2. The third kappa shape index (κ3) is 4.44. The first-order chi connectivity index (χ1) is 7.06. The van der Waals surface area contributed by atoms with E-state index < -0.39 is 0 Å². The van der Waals surface area contributed by atoms with E-state index in [0.29, 0.717) is 17.7 Å². The predicted molar refractivity (Wildman–Crippen MR) is 61.5 cm³/mol. The largest absolute Gasteiger partial charge is 0.466 e. The standard InChI is InChI=1S/C11H18N2O2/c1-6-10(11(14)15-5)8-9(3)13(4)12-7-2/h7-8H,3,6H2,1-2,4-5H3/b10-8+,12-7-. The number of rotatable bonds is 5. The van der Waals surface area contributed by atoms with Crippen molar-refractivity contribution >= 4 is 12.2 Å². The number of carbonyl (C=O) groups is 1. The summed E-state index contributed by atoms with van der Waals surface area (Å²) in [4.78, 5) is 11.3. The second-order valence-electron chi connectivity index (χ2n) is 2.90. The molecule has 0 spiro atoms. The normalized spacial score (nSPS) is 11.6. The van der Waals surface area contributed by atoms with Crippen molar-refractivity contribution in [2.75, 3.05) is 14.2 Å². The number of likely N-dealkylation sites (N-methyl/N-ethyl adjacent to an activating group) is 1. The third-order valence-corrected chi connectivity index (χ3v) is 1.87. The molecule has 0 radical (unpaired) electrons. The average Bonchev–Trinajstić information content (AvgIpc) is 2.24. The first-order valence-corrected chi connectivity index (χ1v) is 4.76. The Hall–Kier alpha value is -1.58. The molecule has 0 fully saturated rings. The van der Waals surface area contributed by atoms with E-state index in [1.807, 2.05) is 13.8 Å². The van der Waals surface area contributed by atoms with Crippen LogP contribution in [0.3, 0.4) is 0 Å². The van der Waals surface area contributed by atoms with Gasteiger partial charge in [-0.3, -0.25) is 5.01 Å². The van der Waals surface area contributed by atoms with Crippen LogP contribution in [0.15, 0.2) is 29.0 Å². The molecule has 0 aromatic heterocycles. The van der Waals surface area contributed by atoms with E-state index in [9.17, 15) is 4.79 Å². The molecule has 0 saturated heterocycles. The maximum Gasteiger partial charge on any atom is 0.333 e. The molecule has 0 aromatic carbocycles. The molecule has 15 heavy (non-hydrogen) atoms. The van der Waals surface area contributed by atoms with Gasteiger partial charge in [-0.2, -0.15) is 5.10 Å². The highest BCUT2D eigenvalue weighted by Gasteiger charge is 2.08. The molecule has 0 rings (SSSR count). The van der Waals surface area contributed by atoms with E-state index in [-0.39, 0.29) is 5.97 Å². The summed E-state index contributed by atoms with van der Waals surface area (Å²) in [6.45, 7) is 7.51. The SMILES string of the molecule is C=C(/C=C(\CC)C(=O)OC)N(C)/N=C\C. The maximum atomic E-state index is 11.3. The Labute approximate surface area is 90.9 Å². The fourth-order valence-electron chi connectivity index (χ4n) is 0.978. The number of ether oxygens (including phenoxy) is 1. The molecular formula is C11H18N2O2. The smallest absolute Gasteiger partial charge is 0.333 e. The topological polar surface area (TPSA) is 41.9 Å². The number of esters is 1. The molecule has 0 aliphatic heterocycles. The zero-order valence-electron chi connectivity index (χ0n) is 9.78. The molecule has 0 heterocycles. The van der Waals surface area contributed by atoms with Crippen LogP contribution in [0.5, 0.6) is 0 Å². The Bertz CT molecular complexity index is 293. The van der Waals surface area contributed by atoms with Crippen molar-refractivity contribution in [3.8, 4) is 0 Å². The minimum absolute atomic E-state index is 0.326. The summed E-state index contributed by atoms with van der Waals surface area (Å²) in [7, 11) is 3.13. The Morgan fingerprint density at radius 3 is 2.60 bits per heavy atom. The number of carbonyl (C=O) groups excluding carboxylic acids is 1. The molecule has 0 amide bonds. The van der Waals surface area contributed by atoms with Crippen LogP contribution < -0.4 is 0 Å². The summed E-state index contributed by atoms with van der Waals surface area (Å²) in [6, 6.07) is 0. The summed E-state index contributed by atoms with van der Waals surface area (Å²) in [5.41, 5.74) is 1.23. The van der Waals surface area contributed by atoms with Gasteiger partial charge in [0, 0.05) is 18.8 Å². The Morgan fingerprint density at radius 1 is 1.60 bits per heavy atom. The van der Waals surface area contributed by atoms with Crippen LogP contribution in [0.25, 0.3) is 0 Å². The summed E-state index contributed by atoms with van der Waals surface area (Å²) in [6.07, 6.45) is 3.94. The number of allylic oxidation sites excluding steroid dienone is 1. The Morgan fingerprint density at radius 2 is 2.20 bits per heavy atom. The Kier molecular flexibility index (Phi) is 6.09. The third-order valence-electron chi connectivity index (χ3n) is 1.87. The van der Waals surface area contributed by atoms with Gasteiger partial charge in [-0.05, 0) is 19.4 Å². The van der Waals surface area contributed by atoms with Gasteiger partial charge in [0.1, 0.15) is 0 Å². The van der Waals surface area contributed by atoms with E-state index in [4.69, 9.17) is 0 Å². The summed E-state index contributed by atoms with van der Waals surface area (Å²) >= 11 is 0. The van der Waals surface area contributed by atoms with Crippen molar-refractivity contribution in [3.63, 3.8) is 0 Å². The minimum Gasteiger partial charge on any atom is -0.466 e. The summed E-state index contributed by atoms with van der Waals surface area (Å²) in [5.74, 6) is -0.326. The summed E-state index contributed by atoms with van der Waals surface area (Å²) < 4.78 is 4.64. The van der Waals surface area contributed by atoms with Gasteiger partial charge < -0.3 is 4.74 Å². The molecule has 0 saturated carbocycles. The summed E-state index contributed by atoms with van der Waals surface area (Å²) in [5, 5.41) is 5.60. The molecular weight excluding hydrogens is 192 g/mol. The molecule has 84 valence electrons. The van der Waals surface area contributed by atoms with Crippen molar-refractivity contribution in [2.24, 2.45) is 5.10 Å². The van der Waals surface area contributed by atoms with Gasteiger partial charge in [0.05, 0.1) is 12.8 Å². The number of nitrogens with zero attached hydrogens (tertiary/aromatic N) is 2. The molecule has 0 aliphatic rings. The van der Waals surface area contributed by atoms with Gasteiger partial charge in [0.25, 0.3) is 0 Å². The molecule has 4 nitrogen and oxygen atoms in total. The fourth-order valence-corrected chi connectivity index (χ4v) is 0.978. The van der Waals surface area contributed by atoms with Gasteiger partial charge in [0.2, 0.25) is 0 Å². The van der Waals surface area contributed by atoms with Crippen LogP contribution in [0.1, 0.15) is 20.3 Å². The second-order valence-corrected chi connectivity index (χ2v) is 2.90. The molecule has 0 bridgehead atoms. The lowest BCUT2D eigenvalue weighted by Crippen LogP contribution is -2.10. The number of methoxy groups -OCH3 is 1. The monoisotopic (exact) mass is 210 g/mol. The van der Waals surface area contributed by atoms with Crippen LogP contribution in [-0.2, 0) is 9.53 Å². The van der Waals surface area contributed by atoms with Gasteiger partial charge in [-0.15, -0.1) is 0 Å². The van der Waals surface area contributed by atoms with E-state index in [2.05, 4.69) is 16.4 Å². The second kappa shape index (κ2) is 6.81. The van der Waals surface area contributed by atoms with Crippen LogP contribution in [0.4, 0.5) is 0 Å². The van der Waals surface area contributed by atoms with Gasteiger partial charge in [-0.25, -0.2) is 4.79 Å². The lowest BCUT2D eigenvalue weighted by molar-refractivity contribution is -0.136. The zero-order chi connectivity index (χ0) is 11.8. The van der Waals surface area contributed by atoms with Gasteiger partial charge in [-0.1, -0.05) is 13.5 Å². The highest BCUT2D eigenvalue weighted by molar-refractivity contribution is 5.88. The van der Waals surface area contributed by atoms with E-state index in [1.54, 1.807) is 24.3 Å². The average molecular weight is 210 g/mol. The van der Waals surface area contributed by atoms with E-state index in [1.165, 1.54) is 7.11 Å². The van der Waals surface area contributed by atoms with Crippen LogP contribution in [0, 0.1) is 0 Å². The first-order valence-electron chi connectivity index (χ1n) is 4.76. The van der Waals surface area contributed by atoms with E-state index >= 15 is 0 Å².